The fraction of sp³-hybridized carbons (Fsp3) is 0.857. The molecule has 0 fully saturated rings. The quantitative estimate of drug-likeness (QED) is 0.0320. The lowest BCUT2D eigenvalue weighted by molar-refractivity contribution is -0.143. The van der Waals surface area contributed by atoms with E-state index in [2.05, 4.69) is 55.6 Å². The van der Waals surface area contributed by atoms with E-state index < -0.39 is 12.1 Å². The number of carbonyl (C=O) groups excluding carboxylic acids is 2. The summed E-state index contributed by atoms with van der Waals surface area (Å²) in [5, 5.41) is 23.1. The Hall–Kier alpha value is -2.18. The number of aliphatic hydroxyl groups excluding tert-OH is 2. The van der Waals surface area contributed by atoms with Gasteiger partial charge in [0, 0.05) is 12.8 Å². The maximum atomic E-state index is 12.4. The van der Waals surface area contributed by atoms with Crippen molar-refractivity contribution in [2.75, 3.05) is 13.2 Å². The molecule has 0 saturated heterocycles. The van der Waals surface area contributed by atoms with Crippen molar-refractivity contribution in [1.82, 2.24) is 5.32 Å². The van der Waals surface area contributed by atoms with Crippen molar-refractivity contribution < 1.29 is 24.5 Å². The minimum atomic E-state index is -0.844. The average molecular weight is 1070 g/mol. The fourth-order valence-electron chi connectivity index (χ4n) is 10.4. The Morgan fingerprint density at radius 3 is 1.04 bits per heavy atom. The van der Waals surface area contributed by atoms with Gasteiger partial charge in [-0.15, -0.1) is 0 Å². The molecule has 0 aromatic rings. The van der Waals surface area contributed by atoms with Crippen LogP contribution >= 0.6 is 0 Å². The van der Waals surface area contributed by atoms with Crippen molar-refractivity contribution in [2.24, 2.45) is 0 Å². The summed E-state index contributed by atoms with van der Waals surface area (Å²) in [5.74, 6) is -0.0564. The Morgan fingerprint density at radius 1 is 0.368 bits per heavy atom. The maximum absolute atomic E-state index is 12.4. The second-order valence-corrected chi connectivity index (χ2v) is 23.1. The van der Waals surface area contributed by atoms with E-state index in [9.17, 15) is 19.8 Å². The van der Waals surface area contributed by atoms with Gasteiger partial charge < -0.3 is 20.3 Å². The molecule has 0 saturated carbocycles. The molecule has 6 heteroatoms. The molecule has 1 amide bonds. The third-order valence-corrected chi connectivity index (χ3v) is 15.6. The molecule has 0 aromatic carbocycles. The molecule has 2 atom stereocenters. The van der Waals surface area contributed by atoms with Crippen molar-refractivity contribution >= 4 is 11.9 Å². The van der Waals surface area contributed by atoms with E-state index in [0.29, 0.717) is 19.4 Å². The van der Waals surface area contributed by atoms with Gasteiger partial charge >= 0.3 is 5.97 Å². The van der Waals surface area contributed by atoms with E-state index in [1.807, 2.05) is 6.08 Å². The van der Waals surface area contributed by atoms with Gasteiger partial charge in [0.2, 0.25) is 5.91 Å². The number of esters is 1. The van der Waals surface area contributed by atoms with E-state index in [1.165, 1.54) is 283 Å². The summed E-state index contributed by atoms with van der Waals surface area (Å²) in [5.41, 5.74) is 0. The maximum Gasteiger partial charge on any atom is 0.305 e. The summed E-state index contributed by atoms with van der Waals surface area (Å²) in [6, 6.07) is -0.627. The standard InChI is InChI=1S/C70H131NO5/c1-3-5-7-9-11-13-15-17-18-19-30-34-37-40-44-48-52-56-60-64-70(75)76-65-61-57-53-49-45-41-38-35-32-29-27-25-23-21-20-22-24-26-28-31-33-36-39-43-47-51-55-59-63-69(74)71-67(66-72)68(73)62-58-54-50-46-42-16-14-12-10-8-6-4-2/h11,13,17-18,20-21,58,62,67-68,72-73H,3-10,12,14-16,19,22-57,59-61,63-66H2,1-2H3,(H,71,74)/b13-11-,18-17-,21-20-,62-58+. The molecule has 0 bridgehead atoms. The molecule has 0 heterocycles. The second kappa shape index (κ2) is 65.3. The number of hydrogen-bond acceptors (Lipinski definition) is 5. The van der Waals surface area contributed by atoms with Crippen LogP contribution in [-0.2, 0) is 14.3 Å². The summed E-state index contributed by atoms with van der Waals surface area (Å²) in [4.78, 5) is 24.6. The molecule has 0 rings (SSSR count). The van der Waals surface area contributed by atoms with Crippen LogP contribution in [0.5, 0.6) is 0 Å². The van der Waals surface area contributed by atoms with Crippen LogP contribution in [-0.4, -0.2) is 47.4 Å². The van der Waals surface area contributed by atoms with Crippen LogP contribution in [0.1, 0.15) is 361 Å². The van der Waals surface area contributed by atoms with Gasteiger partial charge in [-0.2, -0.15) is 0 Å². The summed E-state index contributed by atoms with van der Waals surface area (Å²) < 4.78 is 5.50. The minimum Gasteiger partial charge on any atom is -0.466 e. The third-order valence-electron chi connectivity index (χ3n) is 15.6. The predicted molar refractivity (Wildman–Crippen MR) is 333 cm³/mol. The van der Waals surface area contributed by atoms with Crippen molar-refractivity contribution in [2.45, 2.75) is 373 Å². The van der Waals surface area contributed by atoms with Crippen LogP contribution in [0, 0.1) is 0 Å². The number of unbranched alkanes of at least 4 members (excludes halogenated alkanes) is 46. The van der Waals surface area contributed by atoms with Gasteiger partial charge in [0.1, 0.15) is 0 Å². The van der Waals surface area contributed by atoms with E-state index in [4.69, 9.17) is 4.74 Å². The normalized spacial score (nSPS) is 12.8. The first-order chi connectivity index (χ1) is 37.5. The van der Waals surface area contributed by atoms with Gasteiger partial charge in [-0.1, -0.05) is 306 Å². The van der Waals surface area contributed by atoms with Crippen LogP contribution in [0.25, 0.3) is 0 Å². The van der Waals surface area contributed by atoms with Gasteiger partial charge in [-0.05, 0) is 89.9 Å². The van der Waals surface area contributed by atoms with Gasteiger partial charge in [-0.25, -0.2) is 0 Å². The van der Waals surface area contributed by atoms with Crippen LogP contribution in [0.15, 0.2) is 48.6 Å². The van der Waals surface area contributed by atoms with Crippen molar-refractivity contribution in [3.63, 3.8) is 0 Å². The van der Waals surface area contributed by atoms with Gasteiger partial charge in [0.15, 0.2) is 0 Å². The molecule has 0 aliphatic rings. The largest absolute Gasteiger partial charge is 0.466 e. The predicted octanol–water partition coefficient (Wildman–Crippen LogP) is 21.7. The van der Waals surface area contributed by atoms with Crippen molar-refractivity contribution in [1.29, 1.82) is 0 Å². The van der Waals surface area contributed by atoms with Crippen molar-refractivity contribution in [3.8, 4) is 0 Å². The number of carbonyl (C=O) groups is 2. The molecule has 446 valence electrons. The highest BCUT2D eigenvalue weighted by atomic mass is 16.5. The van der Waals surface area contributed by atoms with Crippen LogP contribution in [0.2, 0.25) is 0 Å². The number of aliphatic hydroxyl groups is 2. The number of allylic oxidation sites excluding steroid dienone is 7. The highest BCUT2D eigenvalue weighted by molar-refractivity contribution is 5.76. The summed E-state index contributed by atoms with van der Waals surface area (Å²) in [7, 11) is 0. The van der Waals surface area contributed by atoms with Crippen molar-refractivity contribution in [3.05, 3.63) is 48.6 Å². The Morgan fingerprint density at radius 2 is 0.658 bits per heavy atom. The lowest BCUT2D eigenvalue weighted by atomic mass is 10.0. The highest BCUT2D eigenvalue weighted by Gasteiger charge is 2.18. The molecule has 0 spiro atoms. The van der Waals surface area contributed by atoms with Gasteiger partial charge in [0.05, 0.1) is 25.4 Å². The lowest BCUT2D eigenvalue weighted by Crippen LogP contribution is -2.45. The number of rotatable bonds is 63. The van der Waals surface area contributed by atoms with E-state index >= 15 is 0 Å². The zero-order valence-electron chi connectivity index (χ0n) is 51.0. The zero-order chi connectivity index (χ0) is 55.0. The molecule has 0 aromatic heterocycles. The Bertz CT molecular complexity index is 1270. The zero-order valence-corrected chi connectivity index (χ0v) is 51.0. The summed E-state index contributed by atoms with van der Waals surface area (Å²) in [6.45, 7) is 4.89. The Balaban J connectivity index is 3.37. The fourth-order valence-corrected chi connectivity index (χ4v) is 10.4. The van der Waals surface area contributed by atoms with Crippen LogP contribution in [0.4, 0.5) is 0 Å². The van der Waals surface area contributed by atoms with E-state index in [-0.39, 0.29) is 18.5 Å². The second-order valence-electron chi connectivity index (χ2n) is 23.1. The molecule has 0 aliphatic carbocycles. The molecule has 76 heavy (non-hydrogen) atoms. The Kier molecular flexibility index (Phi) is 63.5. The molecule has 3 N–H and O–H groups in total. The number of ether oxygens (including phenoxy) is 1. The first-order valence-corrected chi connectivity index (χ1v) is 33.9. The van der Waals surface area contributed by atoms with Crippen LogP contribution < -0.4 is 5.32 Å². The first kappa shape index (κ1) is 73.8. The summed E-state index contributed by atoms with van der Waals surface area (Å²) in [6.07, 6.45) is 84.7. The first-order valence-electron chi connectivity index (χ1n) is 33.9. The molecule has 0 aliphatic heterocycles. The SMILES string of the molecule is CCCCC/C=C\C/C=C\CCCCCCCCCCCC(=O)OCCCCCCCCCCCCCC/C=C\CCCCCCCCCCCCCCC(=O)NC(CO)C(O)/C=C/CCCCCCCCCCCC. The number of amides is 1. The average Bonchev–Trinajstić information content (AvgIpc) is 3.42. The molecule has 6 nitrogen and oxygen atoms in total. The lowest BCUT2D eigenvalue weighted by Gasteiger charge is -2.20. The molecule has 2 unspecified atom stereocenters. The van der Waals surface area contributed by atoms with Crippen LogP contribution in [0.3, 0.4) is 0 Å². The van der Waals surface area contributed by atoms with E-state index in [0.717, 1.165) is 51.4 Å². The third kappa shape index (κ3) is 61.0. The van der Waals surface area contributed by atoms with Gasteiger partial charge in [-0.3, -0.25) is 9.59 Å². The Labute approximate surface area is 474 Å². The molecular weight excluding hydrogens is 935 g/mol. The minimum absolute atomic E-state index is 0.0116. The number of hydrogen-bond donors (Lipinski definition) is 3. The van der Waals surface area contributed by atoms with Gasteiger partial charge in [0.25, 0.3) is 0 Å². The highest BCUT2D eigenvalue weighted by Crippen LogP contribution is 2.17. The smallest absolute Gasteiger partial charge is 0.305 e. The molecule has 0 radical (unpaired) electrons. The number of nitrogens with one attached hydrogen (secondary N) is 1. The topological polar surface area (TPSA) is 95.9 Å². The monoisotopic (exact) mass is 1070 g/mol. The summed E-state index contributed by atoms with van der Waals surface area (Å²) >= 11 is 0. The van der Waals surface area contributed by atoms with E-state index in [1.54, 1.807) is 6.08 Å². The molecular formula is C70H131NO5.